The van der Waals surface area contributed by atoms with Crippen molar-refractivity contribution in [2.24, 2.45) is 4.99 Å². The van der Waals surface area contributed by atoms with Crippen LogP contribution in [0.4, 0.5) is 8.78 Å². The number of esters is 1. The molecule has 0 saturated heterocycles. The summed E-state index contributed by atoms with van der Waals surface area (Å²) in [5, 5.41) is 9.42. The SMILES string of the molecule is CCOC(=O)CSc1ccc(Oc2c(F)cnc(Oc3cc(C#N)ccc3OCc3ccccc3)c2F)c(C2N=CCN2C)c1. The van der Waals surface area contributed by atoms with Gasteiger partial charge in [0.15, 0.2) is 17.3 Å². The number of carbonyl (C=O) groups is 1. The number of aliphatic imine (C=N–C) groups is 1. The summed E-state index contributed by atoms with van der Waals surface area (Å²) in [5.74, 6) is -3.43. The molecular weight excluding hydrogens is 602 g/mol. The van der Waals surface area contributed by atoms with Gasteiger partial charge in [0.25, 0.3) is 5.88 Å². The number of ether oxygens (including phenoxy) is 4. The second-order valence-electron chi connectivity index (χ2n) is 9.74. The number of halogens is 2. The molecule has 0 aliphatic carbocycles. The second-order valence-corrected chi connectivity index (χ2v) is 10.8. The number of nitrogens with zero attached hydrogens (tertiary/aromatic N) is 4. The molecular formula is C33H28F2N4O5S. The van der Waals surface area contributed by atoms with Crippen molar-refractivity contribution < 1.29 is 32.5 Å². The van der Waals surface area contributed by atoms with E-state index in [9.17, 15) is 10.1 Å². The predicted octanol–water partition coefficient (Wildman–Crippen LogP) is 7.07. The van der Waals surface area contributed by atoms with Crippen LogP contribution in [0.3, 0.4) is 0 Å². The van der Waals surface area contributed by atoms with Crippen molar-refractivity contribution in [3.63, 3.8) is 0 Å². The first kappa shape index (κ1) is 31.4. The summed E-state index contributed by atoms with van der Waals surface area (Å²) in [5.41, 5.74) is 1.66. The molecule has 4 aromatic rings. The number of aromatic nitrogens is 1. The van der Waals surface area contributed by atoms with Crippen LogP contribution in [0, 0.1) is 23.0 Å². The van der Waals surface area contributed by atoms with Gasteiger partial charge in [0, 0.05) is 29.3 Å². The summed E-state index contributed by atoms with van der Waals surface area (Å²) in [6.07, 6.45) is 2.04. The van der Waals surface area contributed by atoms with Crippen LogP contribution in [-0.4, -0.2) is 48.0 Å². The zero-order valence-electron chi connectivity index (χ0n) is 24.4. The summed E-state index contributed by atoms with van der Waals surface area (Å²) < 4.78 is 53.4. The Morgan fingerprint density at radius 1 is 1.07 bits per heavy atom. The van der Waals surface area contributed by atoms with E-state index >= 15 is 8.78 Å². The lowest BCUT2D eigenvalue weighted by molar-refractivity contribution is -0.139. The summed E-state index contributed by atoms with van der Waals surface area (Å²) in [6, 6.07) is 20.8. The number of nitriles is 1. The summed E-state index contributed by atoms with van der Waals surface area (Å²) in [7, 11) is 1.85. The van der Waals surface area contributed by atoms with Crippen LogP contribution < -0.4 is 14.2 Å². The summed E-state index contributed by atoms with van der Waals surface area (Å²) in [4.78, 5) is 22.8. The maximum atomic E-state index is 15.9. The van der Waals surface area contributed by atoms with E-state index in [1.807, 2.05) is 48.3 Å². The fourth-order valence-electron chi connectivity index (χ4n) is 4.39. The zero-order chi connectivity index (χ0) is 31.8. The number of carbonyl (C=O) groups excluding carboxylic acids is 1. The topological polar surface area (TPSA) is 106 Å². The third kappa shape index (κ3) is 7.75. The van der Waals surface area contributed by atoms with Crippen LogP contribution >= 0.6 is 11.8 Å². The Hall–Kier alpha value is -4.99. The molecule has 230 valence electrons. The van der Waals surface area contributed by atoms with Crippen molar-refractivity contribution in [3.8, 4) is 34.9 Å². The average molecular weight is 631 g/mol. The molecule has 0 amide bonds. The van der Waals surface area contributed by atoms with Crippen LogP contribution in [0.25, 0.3) is 0 Å². The van der Waals surface area contributed by atoms with Gasteiger partial charge < -0.3 is 18.9 Å². The first-order valence-corrected chi connectivity index (χ1v) is 14.9. The average Bonchev–Trinajstić information content (AvgIpc) is 3.49. The molecule has 9 nitrogen and oxygen atoms in total. The van der Waals surface area contributed by atoms with Crippen molar-refractivity contribution >= 4 is 23.9 Å². The van der Waals surface area contributed by atoms with Crippen LogP contribution in [0.5, 0.6) is 28.9 Å². The molecule has 0 radical (unpaired) electrons. The molecule has 3 aromatic carbocycles. The highest BCUT2D eigenvalue weighted by Gasteiger charge is 2.27. The second kappa shape index (κ2) is 14.7. The highest BCUT2D eigenvalue weighted by molar-refractivity contribution is 8.00. The van der Waals surface area contributed by atoms with Crippen LogP contribution in [-0.2, 0) is 16.1 Å². The molecule has 1 aliphatic rings. The van der Waals surface area contributed by atoms with Gasteiger partial charge >= 0.3 is 5.97 Å². The molecule has 2 heterocycles. The number of hydrogen-bond donors (Lipinski definition) is 0. The molecule has 12 heteroatoms. The maximum absolute atomic E-state index is 15.9. The van der Waals surface area contributed by atoms with Gasteiger partial charge in [-0.3, -0.25) is 14.7 Å². The van der Waals surface area contributed by atoms with Gasteiger partial charge in [0.2, 0.25) is 11.6 Å². The number of pyridine rings is 1. The predicted molar refractivity (Wildman–Crippen MR) is 164 cm³/mol. The van der Waals surface area contributed by atoms with Crippen LogP contribution in [0.1, 0.15) is 29.8 Å². The normalized spacial score (nSPS) is 14.2. The first-order chi connectivity index (χ1) is 21.9. The Kier molecular flexibility index (Phi) is 10.2. The van der Waals surface area contributed by atoms with E-state index < -0.39 is 29.4 Å². The molecule has 5 rings (SSSR count). The third-order valence-corrected chi connectivity index (χ3v) is 7.55. The van der Waals surface area contributed by atoms with Crippen molar-refractivity contribution in [3.05, 3.63) is 101 Å². The Balaban J connectivity index is 1.43. The molecule has 1 unspecified atom stereocenters. The molecule has 1 aromatic heterocycles. The highest BCUT2D eigenvalue weighted by atomic mass is 32.2. The molecule has 1 atom stereocenters. The highest BCUT2D eigenvalue weighted by Crippen LogP contribution is 2.41. The molecule has 0 bridgehead atoms. The third-order valence-electron chi connectivity index (χ3n) is 6.58. The standard InChI is InChI=1S/C33H28F2N4O5S/c1-3-41-29(40)20-45-23-10-12-26(24(16-23)32-37-13-14-39(32)2)43-31-25(34)18-38-33(30(31)35)44-28-15-22(17-36)9-11-27(28)42-19-21-7-5-4-6-8-21/h4-13,15-16,18,32H,3,14,19-20H2,1-2H3. The fourth-order valence-corrected chi connectivity index (χ4v) is 5.13. The largest absolute Gasteiger partial charge is 0.485 e. The first-order valence-electron chi connectivity index (χ1n) is 13.9. The molecule has 1 aliphatic heterocycles. The van der Waals surface area contributed by atoms with Gasteiger partial charge in [-0.2, -0.15) is 9.65 Å². The molecule has 0 N–H and O–H groups in total. The molecule has 0 spiro atoms. The monoisotopic (exact) mass is 630 g/mol. The lowest BCUT2D eigenvalue weighted by Crippen LogP contribution is -2.19. The van der Waals surface area contributed by atoms with E-state index in [1.54, 1.807) is 31.3 Å². The van der Waals surface area contributed by atoms with Gasteiger partial charge in [-0.05, 0) is 49.9 Å². The lowest BCUT2D eigenvalue weighted by Gasteiger charge is -2.22. The van der Waals surface area contributed by atoms with Crippen LogP contribution in [0.2, 0.25) is 0 Å². The quantitative estimate of drug-likeness (QED) is 0.120. The molecule has 0 saturated carbocycles. The van der Waals surface area contributed by atoms with E-state index in [1.165, 1.54) is 30.0 Å². The fraction of sp³-hybridized carbons (Fsp3) is 0.212. The van der Waals surface area contributed by atoms with E-state index in [2.05, 4.69) is 9.98 Å². The minimum absolute atomic E-state index is 0.0134. The summed E-state index contributed by atoms with van der Waals surface area (Å²) >= 11 is 1.26. The minimum Gasteiger partial charge on any atom is -0.485 e. The molecule has 45 heavy (non-hydrogen) atoms. The van der Waals surface area contributed by atoms with E-state index in [4.69, 9.17) is 18.9 Å². The zero-order valence-corrected chi connectivity index (χ0v) is 25.2. The van der Waals surface area contributed by atoms with Crippen molar-refractivity contribution in [2.45, 2.75) is 24.6 Å². The van der Waals surface area contributed by atoms with Gasteiger partial charge in [-0.1, -0.05) is 30.3 Å². The summed E-state index contributed by atoms with van der Waals surface area (Å²) in [6.45, 7) is 2.76. The number of benzene rings is 3. The maximum Gasteiger partial charge on any atom is 0.316 e. The van der Waals surface area contributed by atoms with E-state index in [-0.39, 0.29) is 47.7 Å². The van der Waals surface area contributed by atoms with Gasteiger partial charge in [0.1, 0.15) is 18.5 Å². The van der Waals surface area contributed by atoms with Crippen molar-refractivity contribution in [1.29, 1.82) is 5.26 Å². The van der Waals surface area contributed by atoms with Gasteiger partial charge in [0.05, 0.1) is 30.2 Å². The van der Waals surface area contributed by atoms with Crippen LogP contribution in [0.15, 0.2) is 82.8 Å². The number of hydrogen-bond acceptors (Lipinski definition) is 10. The number of rotatable bonds is 12. The Bertz CT molecular complexity index is 1750. The number of thioether (sulfide) groups is 1. The smallest absolute Gasteiger partial charge is 0.316 e. The van der Waals surface area contributed by atoms with E-state index in [0.717, 1.165) is 16.7 Å². The molecule has 0 fully saturated rings. The van der Waals surface area contributed by atoms with Gasteiger partial charge in [-0.25, -0.2) is 9.37 Å². The van der Waals surface area contributed by atoms with Crippen molar-refractivity contribution in [2.75, 3.05) is 26.0 Å². The Morgan fingerprint density at radius 3 is 2.60 bits per heavy atom. The lowest BCUT2D eigenvalue weighted by atomic mass is 10.1. The Morgan fingerprint density at radius 2 is 1.87 bits per heavy atom. The van der Waals surface area contributed by atoms with Gasteiger partial charge in [-0.15, -0.1) is 11.8 Å². The minimum atomic E-state index is -1.19. The van der Waals surface area contributed by atoms with Crippen molar-refractivity contribution in [1.82, 2.24) is 9.88 Å². The Labute approximate surface area is 263 Å². The van der Waals surface area contributed by atoms with E-state index in [0.29, 0.717) is 12.1 Å².